The first kappa shape index (κ1) is 15.0. The van der Waals surface area contributed by atoms with Gasteiger partial charge in [-0.2, -0.15) is 0 Å². The van der Waals surface area contributed by atoms with E-state index >= 15 is 0 Å². The van der Waals surface area contributed by atoms with Gasteiger partial charge < -0.3 is 19.9 Å². The van der Waals surface area contributed by atoms with Crippen LogP contribution in [0.1, 0.15) is 12.8 Å². The molecule has 0 aromatic carbocycles. The molecule has 2 aliphatic heterocycles. The minimum absolute atomic E-state index is 0.0418. The number of nitrogens with one attached hydrogen (secondary N) is 1. The van der Waals surface area contributed by atoms with Gasteiger partial charge in [-0.1, -0.05) is 0 Å². The minimum Gasteiger partial charge on any atom is -0.381 e. The summed E-state index contributed by atoms with van der Waals surface area (Å²) in [7, 11) is 0. The lowest BCUT2D eigenvalue weighted by atomic mass is 10.0. The summed E-state index contributed by atoms with van der Waals surface area (Å²) in [4.78, 5) is 24.7. The highest BCUT2D eigenvalue weighted by Gasteiger charge is 2.23. The molecule has 2 saturated heterocycles. The second-order valence-electron chi connectivity index (χ2n) is 5.76. The fourth-order valence-corrected chi connectivity index (χ4v) is 2.86. The maximum Gasteiger partial charge on any atom is 0.317 e. The third-order valence-electron chi connectivity index (χ3n) is 4.28. The van der Waals surface area contributed by atoms with Gasteiger partial charge in [0.05, 0.1) is 0 Å². The monoisotopic (exact) mass is 305 g/mol. The van der Waals surface area contributed by atoms with Gasteiger partial charge in [0.2, 0.25) is 5.95 Å². The van der Waals surface area contributed by atoms with Gasteiger partial charge in [0.1, 0.15) is 0 Å². The molecule has 1 aromatic rings. The van der Waals surface area contributed by atoms with Gasteiger partial charge in [-0.05, 0) is 24.8 Å². The van der Waals surface area contributed by atoms with Crippen LogP contribution in [0.5, 0.6) is 0 Å². The highest BCUT2D eigenvalue weighted by atomic mass is 16.5. The maximum absolute atomic E-state index is 12.2. The summed E-state index contributed by atoms with van der Waals surface area (Å²) in [6.07, 6.45) is 5.57. The maximum atomic E-state index is 12.2. The van der Waals surface area contributed by atoms with Gasteiger partial charge in [0.15, 0.2) is 0 Å². The highest BCUT2D eigenvalue weighted by Crippen LogP contribution is 2.14. The molecule has 0 unspecified atom stereocenters. The average molecular weight is 305 g/mol. The number of carbonyl (C=O) groups excluding carboxylic acids is 1. The number of hydrogen-bond donors (Lipinski definition) is 1. The van der Waals surface area contributed by atoms with E-state index in [1.807, 2.05) is 11.0 Å². The summed E-state index contributed by atoms with van der Waals surface area (Å²) >= 11 is 0. The molecule has 1 aromatic heterocycles. The van der Waals surface area contributed by atoms with E-state index in [4.69, 9.17) is 4.74 Å². The Labute approximate surface area is 130 Å². The number of rotatable bonds is 3. The van der Waals surface area contributed by atoms with Gasteiger partial charge in [0.25, 0.3) is 0 Å². The smallest absolute Gasteiger partial charge is 0.317 e. The SMILES string of the molecule is O=C(NCC1CCOCC1)N1CCN(c2ncccn2)CC1. The van der Waals surface area contributed by atoms with Crippen LogP contribution in [-0.2, 0) is 4.74 Å². The largest absolute Gasteiger partial charge is 0.381 e. The van der Waals surface area contributed by atoms with E-state index in [9.17, 15) is 4.79 Å². The Bertz CT molecular complexity index is 470. The van der Waals surface area contributed by atoms with Crippen molar-refractivity contribution in [2.45, 2.75) is 12.8 Å². The molecule has 2 aliphatic rings. The number of aromatic nitrogens is 2. The molecule has 0 bridgehead atoms. The van der Waals surface area contributed by atoms with Crippen LogP contribution in [0.25, 0.3) is 0 Å². The Kier molecular flexibility index (Phi) is 5.05. The number of nitrogens with zero attached hydrogens (tertiary/aromatic N) is 4. The van der Waals surface area contributed by atoms with Crippen molar-refractivity contribution < 1.29 is 9.53 Å². The van der Waals surface area contributed by atoms with Gasteiger partial charge in [-0.25, -0.2) is 14.8 Å². The predicted molar refractivity (Wildman–Crippen MR) is 82.8 cm³/mol. The lowest BCUT2D eigenvalue weighted by Gasteiger charge is -2.35. The summed E-state index contributed by atoms with van der Waals surface area (Å²) < 4.78 is 5.34. The zero-order valence-corrected chi connectivity index (χ0v) is 12.8. The average Bonchev–Trinajstić information content (AvgIpc) is 2.61. The number of anilines is 1. The molecule has 0 saturated carbocycles. The van der Waals surface area contributed by atoms with Crippen LogP contribution in [0.4, 0.5) is 10.7 Å². The van der Waals surface area contributed by atoms with E-state index in [0.29, 0.717) is 19.0 Å². The number of carbonyl (C=O) groups is 1. The van der Waals surface area contributed by atoms with Crippen molar-refractivity contribution in [2.75, 3.05) is 50.8 Å². The van der Waals surface area contributed by atoms with Gasteiger partial charge in [0, 0.05) is 58.3 Å². The van der Waals surface area contributed by atoms with Crippen molar-refractivity contribution in [1.29, 1.82) is 0 Å². The van der Waals surface area contributed by atoms with Crippen LogP contribution in [0.3, 0.4) is 0 Å². The fourth-order valence-electron chi connectivity index (χ4n) is 2.86. The molecular weight excluding hydrogens is 282 g/mol. The van der Waals surface area contributed by atoms with Crippen LogP contribution < -0.4 is 10.2 Å². The molecule has 2 fully saturated rings. The van der Waals surface area contributed by atoms with Crippen LogP contribution >= 0.6 is 0 Å². The summed E-state index contributed by atoms with van der Waals surface area (Å²) in [5.41, 5.74) is 0. The lowest BCUT2D eigenvalue weighted by Crippen LogP contribution is -2.52. The van der Waals surface area contributed by atoms with Crippen molar-refractivity contribution >= 4 is 12.0 Å². The Hall–Kier alpha value is -1.89. The number of piperazine rings is 1. The van der Waals surface area contributed by atoms with Crippen molar-refractivity contribution in [3.63, 3.8) is 0 Å². The molecule has 2 amide bonds. The lowest BCUT2D eigenvalue weighted by molar-refractivity contribution is 0.0663. The quantitative estimate of drug-likeness (QED) is 0.891. The Morgan fingerprint density at radius 3 is 2.55 bits per heavy atom. The second kappa shape index (κ2) is 7.40. The molecule has 22 heavy (non-hydrogen) atoms. The van der Waals surface area contributed by atoms with E-state index < -0.39 is 0 Å². The van der Waals surface area contributed by atoms with E-state index in [1.54, 1.807) is 12.4 Å². The summed E-state index contributed by atoms with van der Waals surface area (Å²) in [6, 6.07) is 1.85. The van der Waals surface area contributed by atoms with Gasteiger partial charge in [-0.15, -0.1) is 0 Å². The van der Waals surface area contributed by atoms with Crippen LogP contribution in [-0.4, -0.2) is 66.8 Å². The van der Waals surface area contributed by atoms with Crippen molar-refractivity contribution in [1.82, 2.24) is 20.2 Å². The molecule has 1 N–H and O–H groups in total. The van der Waals surface area contributed by atoms with Crippen LogP contribution in [0.2, 0.25) is 0 Å². The molecule has 0 spiro atoms. The van der Waals surface area contributed by atoms with Crippen molar-refractivity contribution in [3.05, 3.63) is 18.5 Å². The molecule has 7 nitrogen and oxygen atoms in total. The highest BCUT2D eigenvalue weighted by molar-refractivity contribution is 5.74. The summed E-state index contributed by atoms with van der Waals surface area (Å²) in [6.45, 7) is 5.34. The van der Waals surface area contributed by atoms with Crippen molar-refractivity contribution in [3.8, 4) is 0 Å². The zero-order valence-electron chi connectivity index (χ0n) is 12.8. The molecule has 7 heteroatoms. The number of ether oxygens (including phenoxy) is 1. The van der Waals surface area contributed by atoms with Crippen LogP contribution in [0.15, 0.2) is 18.5 Å². The topological polar surface area (TPSA) is 70.6 Å². The Morgan fingerprint density at radius 1 is 1.18 bits per heavy atom. The Morgan fingerprint density at radius 2 is 1.86 bits per heavy atom. The number of urea groups is 1. The standard InChI is InChI=1S/C15H23N5O2/c21-15(18-12-13-2-10-22-11-3-13)20-8-6-19(7-9-20)14-16-4-1-5-17-14/h1,4-5,13H,2-3,6-12H2,(H,18,21). The molecule has 0 aliphatic carbocycles. The first-order valence-corrected chi connectivity index (χ1v) is 7.95. The van der Waals surface area contributed by atoms with E-state index in [0.717, 1.165) is 51.6 Å². The molecule has 3 rings (SSSR count). The van der Waals surface area contributed by atoms with Gasteiger partial charge in [-0.3, -0.25) is 0 Å². The molecular formula is C15H23N5O2. The zero-order chi connectivity index (χ0) is 15.2. The molecule has 120 valence electrons. The first-order valence-electron chi connectivity index (χ1n) is 7.95. The third-order valence-corrected chi connectivity index (χ3v) is 4.28. The van der Waals surface area contributed by atoms with Crippen LogP contribution in [0, 0.1) is 5.92 Å². The molecule has 3 heterocycles. The molecule has 0 atom stereocenters. The minimum atomic E-state index is 0.0418. The Balaban J connectivity index is 1.41. The molecule has 0 radical (unpaired) electrons. The second-order valence-corrected chi connectivity index (χ2v) is 5.76. The van der Waals surface area contributed by atoms with E-state index in [-0.39, 0.29) is 6.03 Å². The summed E-state index contributed by atoms with van der Waals surface area (Å²) in [5, 5.41) is 3.06. The van der Waals surface area contributed by atoms with Gasteiger partial charge >= 0.3 is 6.03 Å². The van der Waals surface area contributed by atoms with Crippen molar-refractivity contribution in [2.24, 2.45) is 5.92 Å². The summed E-state index contributed by atoms with van der Waals surface area (Å²) in [5.74, 6) is 1.29. The van der Waals surface area contributed by atoms with E-state index in [2.05, 4.69) is 20.2 Å². The normalized spacial score (nSPS) is 20.0. The fraction of sp³-hybridized carbons (Fsp3) is 0.667. The van der Waals surface area contributed by atoms with E-state index in [1.165, 1.54) is 0 Å². The first-order chi connectivity index (χ1) is 10.8. The number of hydrogen-bond acceptors (Lipinski definition) is 5. The third kappa shape index (κ3) is 3.85. The predicted octanol–water partition coefficient (Wildman–Crippen LogP) is 0.735. The number of amides is 2.